The number of rotatable bonds is 7. The summed E-state index contributed by atoms with van der Waals surface area (Å²) < 4.78 is 0. The van der Waals surface area contributed by atoms with Crippen LogP contribution in [0.3, 0.4) is 0 Å². The van der Waals surface area contributed by atoms with Crippen LogP contribution in [0.2, 0.25) is 0 Å². The van der Waals surface area contributed by atoms with Gasteiger partial charge in [0, 0.05) is 6.04 Å². The molecule has 0 bridgehead atoms. The van der Waals surface area contributed by atoms with Gasteiger partial charge in [0.2, 0.25) is 0 Å². The molecule has 1 atom stereocenters. The van der Waals surface area contributed by atoms with Crippen molar-refractivity contribution < 1.29 is 0 Å². The lowest BCUT2D eigenvalue weighted by Gasteiger charge is -2.20. The van der Waals surface area contributed by atoms with Crippen LogP contribution in [0.5, 0.6) is 0 Å². The number of nitrogens with one attached hydrogen (secondary N) is 1. The molecule has 1 unspecified atom stereocenters. The van der Waals surface area contributed by atoms with Gasteiger partial charge in [-0.15, -0.1) is 0 Å². The van der Waals surface area contributed by atoms with Gasteiger partial charge in [0.25, 0.3) is 0 Å². The number of hydrogen-bond donors (Lipinski definition) is 1. The highest BCUT2D eigenvalue weighted by Crippen LogP contribution is 2.23. The van der Waals surface area contributed by atoms with Crippen LogP contribution in [0, 0.1) is 0 Å². The monoisotopic (exact) mass is 260 g/mol. The van der Waals surface area contributed by atoms with Gasteiger partial charge in [0.05, 0.1) is 0 Å². The topological polar surface area (TPSA) is 15.3 Å². The summed E-state index contributed by atoms with van der Waals surface area (Å²) in [6.45, 7) is 4.41. The molecule has 2 heteroatoms. The van der Waals surface area contributed by atoms with Crippen molar-refractivity contribution >= 4 is 0 Å². The van der Waals surface area contributed by atoms with E-state index in [0.717, 1.165) is 19.5 Å². The molecule has 0 fully saturated rings. The van der Waals surface area contributed by atoms with E-state index in [4.69, 9.17) is 0 Å². The van der Waals surface area contributed by atoms with E-state index < -0.39 is 0 Å². The minimum absolute atomic E-state index is 0.604. The van der Waals surface area contributed by atoms with E-state index in [-0.39, 0.29) is 0 Å². The first-order valence-electron chi connectivity index (χ1n) is 7.68. The Morgan fingerprint density at radius 1 is 1.21 bits per heavy atom. The molecular formula is C17H28N2. The molecule has 0 aliphatic heterocycles. The highest BCUT2D eigenvalue weighted by molar-refractivity contribution is 5.35. The molecule has 1 aromatic carbocycles. The summed E-state index contributed by atoms with van der Waals surface area (Å²) in [5.74, 6) is 0. The molecule has 2 rings (SSSR count). The summed E-state index contributed by atoms with van der Waals surface area (Å²) in [6.07, 6.45) is 6.29. The van der Waals surface area contributed by atoms with E-state index in [9.17, 15) is 0 Å². The van der Waals surface area contributed by atoms with Crippen LogP contribution in [0.25, 0.3) is 0 Å². The van der Waals surface area contributed by atoms with Crippen LogP contribution in [-0.2, 0) is 19.3 Å². The minimum atomic E-state index is 0.604. The van der Waals surface area contributed by atoms with E-state index in [1.54, 1.807) is 11.1 Å². The van der Waals surface area contributed by atoms with Crippen molar-refractivity contribution in [3.05, 3.63) is 34.9 Å². The molecule has 0 radical (unpaired) electrons. The van der Waals surface area contributed by atoms with Crippen molar-refractivity contribution in [2.45, 2.75) is 45.1 Å². The van der Waals surface area contributed by atoms with Crippen LogP contribution in [-0.4, -0.2) is 38.1 Å². The Balaban J connectivity index is 1.96. The van der Waals surface area contributed by atoms with Crippen molar-refractivity contribution in [3.63, 3.8) is 0 Å². The second-order valence-electron chi connectivity index (χ2n) is 6.01. The molecule has 1 aromatic rings. The van der Waals surface area contributed by atoms with Crippen molar-refractivity contribution in [1.82, 2.24) is 10.2 Å². The Hall–Kier alpha value is -0.860. The van der Waals surface area contributed by atoms with Crippen molar-refractivity contribution in [3.8, 4) is 0 Å². The van der Waals surface area contributed by atoms with Gasteiger partial charge in [-0.1, -0.05) is 25.1 Å². The summed E-state index contributed by atoms with van der Waals surface area (Å²) in [6, 6.07) is 7.74. The number of nitrogens with zero attached hydrogens (tertiary/aromatic N) is 1. The fourth-order valence-corrected chi connectivity index (χ4v) is 3.02. The summed E-state index contributed by atoms with van der Waals surface area (Å²) >= 11 is 0. The molecule has 0 saturated heterocycles. The van der Waals surface area contributed by atoms with E-state index in [2.05, 4.69) is 49.4 Å². The molecule has 19 heavy (non-hydrogen) atoms. The highest BCUT2D eigenvalue weighted by atomic mass is 15.1. The van der Waals surface area contributed by atoms with E-state index >= 15 is 0 Å². The molecule has 0 amide bonds. The molecule has 0 aromatic heterocycles. The van der Waals surface area contributed by atoms with Gasteiger partial charge in [-0.3, -0.25) is 0 Å². The first-order chi connectivity index (χ1) is 9.19. The second-order valence-corrected chi connectivity index (χ2v) is 6.01. The third-order valence-corrected chi connectivity index (χ3v) is 4.06. The van der Waals surface area contributed by atoms with Crippen LogP contribution in [0.15, 0.2) is 18.2 Å². The van der Waals surface area contributed by atoms with E-state index in [1.807, 2.05) is 0 Å². The molecule has 1 aliphatic carbocycles. The van der Waals surface area contributed by atoms with Crippen molar-refractivity contribution in [1.29, 1.82) is 0 Å². The zero-order valence-corrected chi connectivity index (χ0v) is 12.7. The predicted octanol–water partition coefficient (Wildman–Crippen LogP) is 2.65. The largest absolute Gasteiger partial charge is 0.314 e. The normalized spacial score (nSPS) is 15.8. The SMILES string of the molecule is CCNC(CCN(C)C)Cc1ccc2c(c1)CCC2. The summed E-state index contributed by atoms with van der Waals surface area (Å²) in [7, 11) is 4.30. The maximum Gasteiger partial charge on any atom is 0.0119 e. The molecule has 0 heterocycles. The Morgan fingerprint density at radius 2 is 2.00 bits per heavy atom. The van der Waals surface area contributed by atoms with E-state index in [0.29, 0.717) is 6.04 Å². The van der Waals surface area contributed by atoms with Crippen LogP contribution < -0.4 is 5.32 Å². The number of hydrogen-bond acceptors (Lipinski definition) is 2. The number of likely N-dealkylation sites (N-methyl/N-ethyl adjacent to an activating group) is 1. The Morgan fingerprint density at radius 3 is 2.74 bits per heavy atom. The first kappa shape index (κ1) is 14.5. The smallest absolute Gasteiger partial charge is 0.0119 e. The third kappa shape index (κ3) is 4.32. The quantitative estimate of drug-likeness (QED) is 0.811. The second kappa shape index (κ2) is 7.06. The van der Waals surface area contributed by atoms with Gasteiger partial charge in [0.1, 0.15) is 0 Å². The summed E-state index contributed by atoms with van der Waals surface area (Å²) in [5.41, 5.74) is 4.68. The average molecular weight is 260 g/mol. The molecule has 1 N–H and O–H groups in total. The van der Waals surface area contributed by atoms with Gasteiger partial charge >= 0.3 is 0 Å². The standard InChI is InChI=1S/C17H28N2/c1-4-18-17(10-11-19(2)3)13-14-8-9-15-6-5-7-16(15)12-14/h8-9,12,17-18H,4-7,10-11,13H2,1-3H3. The first-order valence-corrected chi connectivity index (χ1v) is 7.68. The number of benzene rings is 1. The lowest BCUT2D eigenvalue weighted by molar-refractivity contribution is 0.358. The van der Waals surface area contributed by atoms with Gasteiger partial charge < -0.3 is 10.2 Å². The molecule has 106 valence electrons. The lowest BCUT2D eigenvalue weighted by atomic mass is 9.99. The molecule has 0 saturated carbocycles. The molecule has 2 nitrogen and oxygen atoms in total. The zero-order valence-electron chi connectivity index (χ0n) is 12.7. The lowest BCUT2D eigenvalue weighted by Crippen LogP contribution is -2.34. The summed E-state index contributed by atoms with van der Waals surface area (Å²) in [4.78, 5) is 2.27. The number of fused-ring (bicyclic) bond motifs is 1. The Bertz CT molecular complexity index is 398. The fraction of sp³-hybridized carbons (Fsp3) is 0.647. The Kier molecular flexibility index (Phi) is 5.41. The van der Waals surface area contributed by atoms with Gasteiger partial charge in [-0.05, 0) is 76.0 Å². The minimum Gasteiger partial charge on any atom is -0.314 e. The zero-order chi connectivity index (χ0) is 13.7. The van der Waals surface area contributed by atoms with Crippen molar-refractivity contribution in [2.75, 3.05) is 27.2 Å². The fourth-order valence-electron chi connectivity index (χ4n) is 3.02. The van der Waals surface area contributed by atoms with Gasteiger partial charge in [0.15, 0.2) is 0 Å². The van der Waals surface area contributed by atoms with E-state index in [1.165, 1.54) is 31.2 Å². The molecular weight excluding hydrogens is 232 g/mol. The average Bonchev–Trinajstić information content (AvgIpc) is 2.83. The highest BCUT2D eigenvalue weighted by Gasteiger charge is 2.13. The van der Waals surface area contributed by atoms with Crippen LogP contribution in [0.1, 0.15) is 36.5 Å². The molecule has 1 aliphatic rings. The number of aryl methyl sites for hydroxylation is 2. The maximum absolute atomic E-state index is 3.63. The Labute approximate surface area is 118 Å². The predicted molar refractivity (Wildman–Crippen MR) is 82.8 cm³/mol. The third-order valence-electron chi connectivity index (χ3n) is 4.06. The van der Waals surface area contributed by atoms with Crippen molar-refractivity contribution in [2.24, 2.45) is 0 Å². The maximum atomic E-state index is 3.63. The summed E-state index contributed by atoms with van der Waals surface area (Å²) in [5, 5.41) is 3.63. The van der Waals surface area contributed by atoms with Gasteiger partial charge in [-0.2, -0.15) is 0 Å². The van der Waals surface area contributed by atoms with Crippen LogP contribution in [0.4, 0.5) is 0 Å². The van der Waals surface area contributed by atoms with Crippen LogP contribution >= 0.6 is 0 Å². The molecule has 0 spiro atoms. The van der Waals surface area contributed by atoms with Gasteiger partial charge in [-0.25, -0.2) is 0 Å².